The molecule has 4 rings (SSSR count). The molecular weight excluding hydrogens is 468 g/mol. The molecule has 0 radical (unpaired) electrons. The van der Waals surface area contributed by atoms with Gasteiger partial charge < -0.3 is 19.5 Å². The Morgan fingerprint density at radius 2 is 1.89 bits per heavy atom. The molecule has 3 aromatic rings. The molecule has 0 bridgehead atoms. The lowest BCUT2D eigenvalue weighted by Crippen LogP contribution is -2.38. The molecule has 0 saturated carbocycles. The second kappa shape index (κ2) is 14.4. The molecule has 2 aromatic carbocycles. The summed E-state index contributed by atoms with van der Waals surface area (Å²) in [5.41, 5.74) is 3.91. The molecule has 2 heterocycles. The van der Waals surface area contributed by atoms with Crippen molar-refractivity contribution in [3.8, 4) is 16.9 Å². The molecule has 0 aliphatic carbocycles. The van der Waals surface area contributed by atoms with Crippen molar-refractivity contribution in [1.82, 2.24) is 15.1 Å². The standard InChI is InChI=1S/C29H38N4O4/c34-29(35)9-2-1-5-18-37-28-8-4-3-7-25(28)23-33(15-6-14-32-16-19-36-20-17-32)27-12-10-24(11-13-27)26-21-30-31-22-26/h3-4,7-8,10-13,21-22H,1-2,5-6,9,14-20,23H2,(H,30,31)(H,34,35)/i23D. The summed E-state index contributed by atoms with van der Waals surface area (Å²) in [5.74, 6) is -0.0567. The van der Waals surface area contributed by atoms with E-state index in [1.165, 1.54) is 0 Å². The maximum atomic E-state index is 10.7. The molecule has 1 atom stereocenters. The second-order valence-corrected chi connectivity index (χ2v) is 9.25. The number of unbranched alkanes of at least 4 members (excludes halogenated alkanes) is 2. The van der Waals surface area contributed by atoms with Gasteiger partial charge in [-0.2, -0.15) is 5.10 Å². The number of para-hydroxylation sites is 1. The molecule has 1 unspecified atom stereocenters. The minimum Gasteiger partial charge on any atom is -0.493 e. The highest BCUT2D eigenvalue weighted by Crippen LogP contribution is 2.27. The van der Waals surface area contributed by atoms with E-state index < -0.39 is 12.5 Å². The van der Waals surface area contributed by atoms with Crippen molar-refractivity contribution >= 4 is 11.7 Å². The Kier molecular flexibility index (Phi) is 9.84. The number of carboxylic acid groups (broad SMARTS) is 1. The number of rotatable bonds is 15. The van der Waals surface area contributed by atoms with E-state index in [-0.39, 0.29) is 6.42 Å². The van der Waals surface area contributed by atoms with Crippen molar-refractivity contribution in [2.24, 2.45) is 0 Å². The van der Waals surface area contributed by atoms with Crippen LogP contribution >= 0.6 is 0 Å². The molecule has 37 heavy (non-hydrogen) atoms. The maximum Gasteiger partial charge on any atom is 0.303 e. The first-order valence-electron chi connectivity index (χ1n) is 13.7. The smallest absolute Gasteiger partial charge is 0.303 e. The van der Waals surface area contributed by atoms with Gasteiger partial charge in [0, 0.05) is 62.1 Å². The Morgan fingerprint density at radius 3 is 2.65 bits per heavy atom. The highest BCUT2D eigenvalue weighted by Gasteiger charge is 2.14. The van der Waals surface area contributed by atoms with Gasteiger partial charge in [-0.25, -0.2) is 0 Å². The van der Waals surface area contributed by atoms with E-state index in [1.807, 2.05) is 30.5 Å². The van der Waals surface area contributed by atoms with Gasteiger partial charge in [-0.3, -0.25) is 14.8 Å². The molecule has 1 aromatic heterocycles. The number of H-pyrrole nitrogens is 1. The van der Waals surface area contributed by atoms with Gasteiger partial charge in [0.1, 0.15) is 5.75 Å². The molecule has 8 nitrogen and oxygen atoms in total. The summed E-state index contributed by atoms with van der Waals surface area (Å²) in [6.45, 7) is 5.03. The van der Waals surface area contributed by atoms with Crippen molar-refractivity contribution in [3.63, 3.8) is 0 Å². The predicted octanol–water partition coefficient (Wildman–Crippen LogP) is 4.83. The SMILES string of the molecule is [2H]C(c1ccccc1OCCCCCC(=O)O)N(CCCN1CCOCC1)c1ccc(-c2cn[nH]c2)cc1. The van der Waals surface area contributed by atoms with E-state index in [4.69, 9.17) is 14.6 Å². The summed E-state index contributed by atoms with van der Waals surface area (Å²) in [4.78, 5) is 15.3. The van der Waals surface area contributed by atoms with Gasteiger partial charge in [0.05, 0.1) is 27.4 Å². The number of morpholine rings is 1. The lowest BCUT2D eigenvalue weighted by Gasteiger charge is -2.30. The van der Waals surface area contributed by atoms with Crippen LogP contribution < -0.4 is 9.64 Å². The fourth-order valence-corrected chi connectivity index (χ4v) is 4.44. The van der Waals surface area contributed by atoms with Crippen LogP contribution in [0.5, 0.6) is 5.75 Å². The molecular formula is C29H38N4O4. The van der Waals surface area contributed by atoms with Crippen LogP contribution in [0.4, 0.5) is 5.69 Å². The van der Waals surface area contributed by atoms with Crippen LogP contribution in [0.15, 0.2) is 60.9 Å². The molecule has 1 fully saturated rings. The number of nitrogens with one attached hydrogen (secondary N) is 1. The molecule has 0 amide bonds. The monoisotopic (exact) mass is 507 g/mol. The summed E-state index contributed by atoms with van der Waals surface area (Å²) in [6.07, 6.45) is 7.02. The van der Waals surface area contributed by atoms with Gasteiger partial charge >= 0.3 is 5.97 Å². The van der Waals surface area contributed by atoms with Crippen LogP contribution in [0.2, 0.25) is 0 Å². The Balaban J connectivity index is 1.45. The van der Waals surface area contributed by atoms with E-state index in [0.717, 1.165) is 81.0 Å². The first-order chi connectivity index (χ1) is 18.6. The van der Waals surface area contributed by atoms with Crippen LogP contribution in [0.25, 0.3) is 11.1 Å². The summed E-state index contributed by atoms with van der Waals surface area (Å²) in [5, 5.41) is 15.7. The quantitative estimate of drug-likeness (QED) is 0.285. The first kappa shape index (κ1) is 25.3. The average molecular weight is 508 g/mol. The Labute approximate surface area is 220 Å². The number of anilines is 1. The second-order valence-electron chi connectivity index (χ2n) is 9.25. The van der Waals surface area contributed by atoms with E-state index in [0.29, 0.717) is 18.8 Å². The number of aromatic nitrogens is 2. The number of hydrogen-bond acceptors (Lipinski definition) is 6. The minimum absolute atomic E-state index is 0.185. The van der Waals surface area contributed by atoms with Crippen LogP contribution in [-0.2, 0) is 16.1 Å². The third kappa shape index (κ3) is 8.61. The summed E-state index contributed by atoms with van der Waals surface area (Å²) in [7, 11) is 0. The van der Waals surface area contributed by atoms with Crippen LogP contribution in [0.1, 0.15) is 39.0 Å². The zero-order valence-corrected chi connectivity index (χ0v) is 21.3. The third-order valence-corrected chi connectivity index (χ3v) is 6.51. The van der Waals surface area contributed by atoms with Gasteiger partial charge in [-0.15, -0.1) is 0 Å². The number of aliphatic carboxylic acids is 1. The van der Waals surface area contributed by atoms with Gasteiger partial charge in [0.25, 0.3) is 0 Å². The van der Waals surface area contributed by atoms with Crippen molar-refractivity contribution in [3.05, 3.63) is 66.5 Å². The lowest BCUT2D eigenvalue weighted by molar-refractivity contribution is -0.137. The predicted molar refractivity (Wildman–Crippen MR) is 145 cm³/mol. The third-order valence-electron chi connectivity index (χ3n) is 6.51. The lowest BCUT2D eigenvalue weighted by atomic mass is 10.1. The summed E-state index contributed by atoms with van der Waals surface area (Å²) < 4.78 is 20.9. The Morgan fingerprint density at radius 1 is 1.08 bits per heavy atom. The van der Waals surface area contributed by atoms with Gasteiger partial charge in [-0.1, -0.05) is 30.3 Å². The average Bonchev–Trinajstić information content (AvgIpc) is 3.49. The highest BCUT2D eigenvalue weighted by atomic mass is 16.5. The Bertz CT molecular complexity index is 1100. The van der Waals surface area contributed by atoms with Gasteiger partial charge in [0.15, 0.2) is 0 Å². The van der Waals surface area contributed by atoms with Gasteiger partial charge in [0.2, 0.25) is 0 Å². The fraction of sp³-hybridized carbons (Fsp3) is 0.448. The minimum atomic E-state index is -0.764. The number of carbonyl (C=O) groups is 1. The van der Waals surface area contributed by atoms with Crippen molar-refractivity contribution in [2.75, 3.05) is 50.9 Å². The normalized spacial score (nSPS) is 15.2. The molecule has 1 aliphatic heterocycles. The molecule has 198 valence electrons. The highest BCUT2D eigenvalue weighted by molar-refractivity contribution is 5.66. The number of benzene rings is 2. The molecule has 1 aliphatic rings. The van der Waals surface area contributed by atoms with Crippen molar-refractivity contribution in [1.29, 1.82) is 0 Å². The Hall–Kier alpha value is -3.36. The molecule has 1 saturated heterocycles. The van der Waals surface area contributed by atoms with E-state index in [2.05, 4.69) is 44.3 Å². The molecule has 2 N–H and O–H groups in total. The zero-order chi connectivity index (χ0) is 26.6. The van der Waals surface area contributed by atoms with E-state index >= 15 is 0 Å². The molecule has 0 spiro atoms. The van der Waals surface area contributed by atoms with E-state index in [1.54, 1.807) is 6.20 Å². The number of ether oxygens (including phenoxy) is 2. The van der Waals surface area contributed by atoms with E-state index in [9.17, 15) is 6.17 Å². The van der Waals surface area contributed by atoms with Crippen molar-refractivity contribution in [2.45, 2.75) is 38.6 Å². The largest absolute Gasteiger partial charge is 0.493 e. The van der Waals surface area contributed by atoms with Crippen LogP contribution in [0.3, 0.4) is 0 Å². The topological polar surface area (TPSA) is 90.9 Å². The van der Waals surface area contributed by atoms with Gasteiger partial charge in [-0.05, 0) is 49.4 Å². The number of carboxylic acids is 1. The summed E-state index contributed by atoms with van der Waals surface area (Å²) in [6, 6.07) is 16.1. The maximum absolute atomic E-state index is 10.7. The number of nitrogens with zero attached hydrogens (tertiary/aromatic N) is 3. The zero-order valence-electron chi connectivity index (χ0n) is 22.3. The number of aromatic amines is 1. The first-order valence-corrected chi connectivity index (χ1v) is 13.1. The molecule has 8 heteroatoms. The van der Waals surface area contributed by atoms with Crippen LogP contribution in [-0.4, -0.2) is 72.2 Å². The van der Waals surface area contributed by atoms with Crippen molar-refractivity contribution < 1.29 is 20.7 Å². The van der Waals surface area contributed by atoms with Crippen LogP contribution in [0, 0.1) is 0 Å². The fourth-order valence-electron chi connectivity index (χ4n) is 4.44. The summed E-state index contributed by atoms with van der Waals surface area (Å²) >= 11 is 0. The number of hydrogen-bond donors (Lipinski definition) is 2.